The molecule has 104 valence electrons. The van der Waals surface area contributed by atoms with Crippen LogP contribution in [0.15, 0.2) is 24.3 Å². The molecule has 1 aromatic rings. The first-order chi connectivity index (χ1) is 9.19. The maximum Gasteiger partial charge on any atom is 0.224 e. The minimum atomic E-state index is 0.140. The van der Waals surface area contributed by atoms with Gasteiger partial charge in [-0.2, -0.15) is 0 Å². The number of para-hydroxylation sites is 1. The van der Waals surface area contributed by atoms with E-state index in [9.17, 15) is 4.79 Å². The largest absolute Gasteiger partial charge is 0.328 e. The van der Waals surface area contributed by atoms with Gasteiger partial charge in [0, 0.05) is 18.2 Å². The van der Waals surface area contributed by atoms with Crippen LogP contribution in [-0.2, 0) is 11.2 Å². The number of carbonyl (C=O) groups excluding carboxylic acids is 1. The fourth-order valence-corrected chi connectivity index (χ4v) is 2.81. The van der Waals surface area contributed by atoms with Gasteiger partial charge in [-0.15, -0.1) is 0 Å². The molecule has 0 heterocycles. The zero-order valence-corrected chi connectivity index (χ0v) is 11.7. The standard InChI is InChI=1S/C16H24N2O/c1-2-13-5-3-4-6-15(13)18-16(19)11-12-7-9-14(17)10-8-12/h3-6,12,14H,2,7-11,17H2,1H3,(H,18,19). The van der Waals surface area contributed by atoms with Crippen LogP contribution in [0.3, 0.4) is 0 Å². The summed E-state index contributed by atoms with van der Waals surface area (Å²) < 4.78 is 0. The van der Waals surface area contributed by atoms with Gasteiger partial charge < -0.3 is 11.1 Å². The van der Waals surface area contributed by atoms with E-state index in [2.05, 4.69) is 18.3 Å². The topological polar surface area (TPSA) is 55.1 Å². The van der Waals surface area contributed by atoms with Gasteiger partial charge in [-0.3, -0.25) is 4.79 Å². The Morgan fingerprint density at radius 2 is 1.95 bits per heavy atom. The van der Waals surface area contributed by atoms with Gasteiger partial charge >= 0.3 is 0 Å². The van der Waals surface area contributed by atoms with Gasteiger partial charge in [0.2, 0.25) is 5.91 Å². The van der Waals surface area contributed by atoms with E-state index >= 15 is 0 Å². The van der Waals surface area contributed by atoms with Crippen LogP contribution in [-0.4, -0.2) is 11.9 Å². The number of nitrogens with one attached hydrogen (secondary N) is 1. The van der Waals surface area contributed by atoms with Gasteiger partial charge in [0.1, 0.15) is 0 Å². The normalized spacial score (nSPS) is 23.1. The van der Waals surface area contributed by atoms with Gasteiger partial charge in [0.15, 0.2) is 0 Å². The average molecular weight is 260 g/mol. The molecule has 0 saturated heterocycles. The molecule has 1 fully saturated rings. The number of amides is 1. The van der Waals surface area contributed by atoms with E-state index < -0.39 is 0 Å². The van der Waals surface area contributed by atoms with Crippen molar-refractivity contribution in [2.24, 2.45) is 11.7 Å². The molecule has 0 atom stereocenters. The predicted octanol–water partition coefficient (Wildman–Crippen LogP) is 3.10. The van der Waals surface area contributed by atoms with Crippen molar-refractivity contribution in [2.75, 3.05) is 5.32 Å². The van der Waals surface area contributed by atoms with Crippen molar-refractivity contribution < 1.29 is 4.79 Å². The second kappa shape index (κ2) is 6.71. The van der Waals surface area contributed by atoms with E-state index in [0.29, 0.717) is 18.4 Å². The Balaban J connectivity index is 1.87. The summed E-state index contributed by atoms with van der Waals surface area (Å²) in [6, 6.07) is 8.37. The molecule has 0 aliphatic heterocycles. The van der Waals surface area contributed by atoms with Gasteiger partial charge in [-0.1, -0.05) is 25.1 Å². The molecular weight excluding hydrogens is 236 g/mol. The van der Waals surface area contributed by atoms with E-state index in [0.717, 1.165) is 37.8 Å². The molecule has 1 aromatic carbocycles. The first-order valence-electron chi connectivity index (χ1n) is 7.32. The molecule has 3 heteroatoms. The highest BCUT2D eigenvalue weighted by molar-refractivity contribution is 5.91. The van der Waals surface area contributed by atoms with Crippen LogP contribution in [0.1, 0.15) is 44.6 Å². The van der Waals surface area contributed by atoms with E-state index in [1.54, 1.807) is 0 Å². The van der Waals surface area contributed by atoms with Crippen molar-refractivity contribution in [3.63, 3.8) is 0 Å². The summed E-state index contributed by atoms with van der Waals surface area (Å²) in [6.07, 6.45) is 5.86. The van der Waals surface area contributed by atoms with Crippen molar-refractivity contribution >= 4 is 11.6 Å². The molecule has 0 bridgehead atoms. The van der Waals surface area contributed by atoms with Crippen molar-refractivity contribution in [1.29, 1.82) is 0 Å². The summed E-state index contributed by atoms with van der Waals surface area (Å²) in [7, 11) is 0. The van der Waals surface area contributed by atoms with Gasteiger partial charge in [0.05, 0.1) is 0 Å². The monoisotopic (exact) mass is 260 g/mol. The van der Waals surface area contributed by atoms with E-state index in [1.165, 1.54) is 5.56 Å². The van der Waals surface area contributed by atoms with Crippen LogP contribution in [0, 0.1) is 5.92 Å². The molecule has 1 saturated carbocycles. The first-order valence-corrected chi connectivity index (χ1v) is 7.32. The quantitative estimate of drug-likeness (QED) is 0.874. The van der Waals surface area contributed by atoms with Crippen molar-refractivity contribution in [3.05, 3.63) is 29.8 Å². The van der Waals surface area contributed by atoms with E-state index in [4.69, 9.17) is 5.73 Å². The highest BCUT2D eigenvalue weighted by Crippen LogP contribution is 2.26. The Morgan fingerprint density at radius 1 is 1.26 bits per heavy atom. The maximum atomic E-state index is 12.1. The molecule has 2 rings (SSSR count). The summed E-state index contributed by atoms with van der Waals surface area (Å²) in [4.78, 5) is 12.1. The average Bonchev–Trinajstić information content (AvgIpc) is 2.42. The lowest BCUT2D eigenvalue weighted by molar-refractivity contribution is -0.117. The summed E-state index contributed by atoms with van der Waals surface area (Å²) in [5.74, 6) is 0.648. The van der Waals surface area contributed by atoms with E-state index in [-0.39, 0.29) is 5.91 Å². The molecule has 1 aliphatic rings. The van der Waals surface area contributed by atoms with Crippen molar-refractivity contribution in [1.82, 2.24) is 0 Å². The Bertz CT molecular complexity index is 423. The van der Waals surface area contributed by atoms with Crippen LogP contribution >= 0.6 is 0 Å². The fourth-order valence-electron chi connectivity index (χ4n) is 2.81. The molecule has 1 amide bonds. The third-order valence-electron chi connectivity index (χ3n) is 4.04. The zero-order valence-electron chi connectivity index (χ0n) is 11.7. The molecule has 19 heavy (non-hydrogen) atoms. The number of nitrogens with two attached hydrogens (primary N) is 1. The van der Waals surface area contributed by atoms with Crippen LogP contribution in [0.4, 0.5) is 5.69 Å². The number of rotatable bonds is 4. The first kappa shape index (κ1) is 14.1. The fraction of sp³-hybridized carbons (Fsp3) is 0.562. The summed E-state index contributed by atoms with van der Waals surface area (Å²) in [5.41, 5.74) is 8.05. The minimum absolute atomic E-state index is 0.140. The molecule has 0 spiro atoms. The lowest BCUT2D eigenvalue weighted by atomic mass is 9.84. The zero-order chi connectivity index (χ0) is 13.7. The van der Waals surface area contributed by atoms with Gasteiger partial charge in [-0.05, 0) is 49.7 Å². The van der Waals surface area contributed by atoms with Crippen LogP contribution in [0.5, 0.6) is 0 Å². The highest BCUT2D eigenvalue weighted by atomic mass is 16.1. The second-order valence-corrected chi connectivity index (χ2v) is 5.54. The molecule has 0 unspecified atom stereocenters. The lowest BCUT2D eigenvalue weighted by Crippen LogP contribution is -2.28. The molecular formula is C16H24N2O. The number of aryl methyl sites for hydroxylation is 1. The third kappa shape index (κ3) is 4.06. The number of hydrogen-bond donors (Lipinski definition) is 2. The molecule has 0 radical (unpaired) electrons. The number of benzene rings is 1. The number of hydrogen-bond acceptors (Lipinski definition) is 2. The summed E-state index contributed by atoms with van der Waals surface area (Å²) in [6.45, 7) is 2.10. The third-order valence-corrected chi connectivity index (χ3v) is 4.04. The lowest BCUT2D eigenvalue weighted by Gasteiger charge is -2.25. The molecule has 3 nitrogen and oxygen atoms in total. The highest BCUT2D eigenvalue weighted by Gasteiger charge is 2.21. The smallest absolute Gasteiger partial charge is 0.224 e. The SMILES string of the molecule is CCc1ccccc1NC(=O)CC1CCC(N)CC1. The molecule has 1 aliphatic carbocycles. The van der Waals surface area contributed by atoms with Gasteiger partial charge in [-0.25, -0.2) is 0 Å². The Kier molecular flexibility index (Phi) is 4.97. The van der Waals surface area contributed by atoms with Crippen molar-refractivity contribution in [3.8, 4) is 0 Å². The minimum Gasteiger partial charge on any atom is -0.328 e. The Morgan fingerprint density at radius 3 is 2.63 bits per heavy atom. The summed E-state index contributed by atoms with van der Waals surface area (Å²) in [5, 5.41) is 3.05. The van der Waals surface area contributed by atoms with Crippen LogP contribution in [0.25, 0.3) is 0 Å². The number of anilines is 1. The van der Waals surface area contributed by atoms with Crippen LogP contribution in [0.2, 0.25) is 0 Å². The summed E-state index contributed by atoms with van der Waals surface area (Å²) >= 11 is 0. The van der Waals surface area contributed by atoms with Gasteiger partial charge in [0.25, 0.3) is 0 Å². The van der Waals surface area contributed by atoms with E-state index in [1.807, 2.05) is 18.2 Å². The van der Waals surface area contributed by atoms with Crippen LogP contribution < -0.4 is 11.1 Å². The predicted molar refractivity (Wildman–Crippen MR) is 79.0 cm³/mol. The Hall–Kier alpha value is -1.35. The van der Waals surface area contributed by atoms with Crippen molar-refractivity contribution in [2.45, 2.75) is 51.5 Å². The maximum absolute atomic E-state index is 12.1. The molecule has 0 aromatic heterocycles. The Labute approximate surface area is 115 Å². The number of carbonyl (C=O) groups is 1. The molecule has 3 N–H and O–H groups in total. The second-order valence-electron chi connectivity index (χ2n) is 5.54.